The Morgan fingerprint density at radius 3 is 2.62 bits per heavy atom. The number of rotatable bonds is 5. The van der Waals surface area contributed by atoms with E-state index in [-0.39, 0.29) is 10.2 Å². The lowest BCUT2D eigenvalue weighted by atomic mass is 10.2. The predicted molar refractivity (Wildman–Crippen MR) is 84.2 cm³/mol. The van der Waals surface area contributed by atoms with Crippen molar-refractivity contribution in [3.63, 3.8) is 0 Å². The first-order valence-electron chi connectivity index (χ1n) is 6.22. The van der Waals surface area contributed by atoms with Crippen LogP contribution in [0.4, 0.5) is 10.1 Å². The summed E-state index contributed by atoms with van der Waals surface area (Å²) in [5.74, 6) is -0.474. The summed E-state index contributed by atoms with van der Waals surface area (Å²) in [7, 11) is -3.50. The number of nitrogens with one attached hydrogen (secondary N) is 1. The Hall–Kier alpha value is -1.47. The fourth-order valence-corrected chi connectivity index (χ4v) is 3.28. The van der Waals surface area contributed by atoms with Crippen molar-refractivity contribution in [1.82, 2.24) is 4.98 Å². The second kappa shape index (κ2) is 6.53. The SMILES string of the molecule is Cc1cc(F)c(Br)cc1NS(=O)(=O)CCc1ccncc1. The van der Waals surface area contributed by atoms with E-state index in [1.165, 1.54) is 12.1 Å². The maximum absolute atomic E-state index is 13.3. The predicted octanol–water partition coefficient (Wildman–Crippen LogP) is 3.28. The molecule has 0 saturated carbocycles. The number of nitrogens with zero attached hydrogens (tertiary/aromatic N) is 1. The minimum atomic E-state index is -3.50. The maximum Gasteiger partial charge on any atom is 0.233 e. The van der Waals surface area contributed by atoms with Gasteiger partial charge >= 0.3 is 0 Å². The van der Waals surface area contributed by atoms with E-state index < -0.39 is 15.8 Å². The average molecular weight is 373 g/mol. The van der Waals surface area contributed by atoms with Gasteiger partial charge in [0.05, 0.1) is 15.9 Å². The first-order valence-corrected chi connectivity index (χ1v) is 8.67. The number of benzene rings is 1. The van der Waals surface area contributed by atoms with Gasteiger partial charge in [0.1, 0.15) is 5.82 Å². The molecule has 0 aliphatic heterocycles. The van der Waals surface area contributed by atoms with Gasteiger partial charge in [-0.3, -0.25) is 9.71 Å². The number of hydrogen-bond donors (Lipinski definition) is 1. The van der Waals surface area contributed by atoms with Crippen LogP contribution in [0.1, 0.15) is 11.1 Å². The molecule has 0 aliphatic rings. The molecule has 21 heavy (non-hydrogen) atoms. The molecule has 2 aromatic rings. The molecule has 0 fully saturated rings. The molecule has 4 nitrogen and oxygen atoms in total. The van der Waals surface area contributed by atoms with Crippen molar-refractivity contribution in [2.45, 2.75) is 13.3 Å². The van der Waals surface area contributed by atoms with Gasteiger partial charge in [-0.05, 0) is 64.7 Å². The van der Waals surface area contributed by atoms with Crippen LogP contribution in [0.5, 0.6) is 0 Å². The summed E-state index contributed by atoms with van der Waals surface area (Å²) >= 11 is 3.05. The van der Waals surface area contributed by atoms with Crippen LogP contribution in [0, 0.1) is 12.7 Å². The van der Waals surface area contributed by atoms with Crippen molar-refractivity contribution in [1.29, 1.82) is 0 Å². The number of aromatic nitrogens is 1. The normalized spacial score (nSPS) is 11.4. The summed E-state index contributed by atoms with van der Waals surface area (Å²) in [6, 6.07) is 6.25. The molecule has 0 unspecified atom stereocenters. The molecule has 0 saturated heterocycles. The fourth-order valence-electron chi connectivity index (χ4n) is 1.78. The lowest BCUT2D eigenvalue weighted by molar-refractivity contribution is 0.600. The van der Waals surface area contributed by atoms with Crippen LogP contribution in [-0.2, 0) is 16.4 Å². The third kappa shape index (κ3) is 4.50. The van der Waals surface area contributed by atoms with Crippen LogP contribution >= 0.6 is 15.9 Å². The molecule has 2 rings (SSSR count). The highest BCUT2D eigenvalue weighted by Gasteiger charge is 2.14. The number of pyridine rings is 1. The van der Waals surface area contributed by atoms with Gasteiger partial charge in [-0.15, -0.1) is 0 Å². The van der Waals surface area contributed by atoms with Crippen molar-refractivity contribution in [2.24, 2.45) is 0 Å². The monoisotopic (exact) mass is 372 g/mol. The lowest BCUT2D eigenvalue weighted by Crippen LogP contribution is -2.19. The topological polar surface area (TPSA) is 59.1 Å². The molecular formula is C14H14BrFN2O2S. The Morgan fingerprint density at radius 1 is 1.29 bits per heavy atom. The molecule has 112 valence electrons. The van der Waals surface area contributed by atoms with Gasteiger partial charge in [-0.1, -0.05) is 0 Å². The third-order valence-electron chi connectivity index (χ3n) is 2.94. The first kappa shape index (κ1) is 15.9. The largest absolute Gasteiger partial charge is 0.283 e. The minimum Gasteiger partial charge on any atom is -0.283 e. The highest BCUT2D eigenvalue weighted by molar-refractivity contribution is 9.10. The standard InChI is InChI=1S/C14H14BrFN2O2S/c1-10-8-13(16)12(15)9-14(10)18-21(19,20)7-4-11-2-5-17-6-3-11/h2-3,5-6,8-9,18H,4,7H2,1H3. The van der Waals surface area contributed by atoms with Crippen molar-refractivity contribution in [3.8, 4) is 0 Å². The second-order valence-corrected chi connectivity index (χ2v) is 7.30. The summed E-state index contributed by atoms with van der Waals surface area (Å²) in [4.78, 5) is 3.88. The molecule has 1 aromatic carbocycles. The number of halogens is 2. The molecular weight excluding hydrogens is 359 g/mol. The van der Waals surface area contributed by atoms with Crippen LogP contribution in [-0.4, -0.2) is 19.2 Å². The molecule has 0 radical (unpaired) electrons. The summed E-state index contributed by atoms with van der Waals surface area (Å²) in [5, 5.41) is 0. The Balaban J connectivity index is 2.09. The molecule has 1 aromatic heterocycles. The second-order valence-electron chi connectivity index (χ2n) is 4.61. The van der Waals surface area contributed by atoms with Gasteiger partial charge in [0.25, 0.3) is 0 Å². The van der Waals surface area contributed by atoms with Crippen LogP contribution in [0.15, 0.2) is 41.1 Å². The van der Waals surface area contributed by atoms with Gasteiger partial charge in [0, 0.05) is 12.4 Å². The summed E-state index contributed by atoms with van der Waals surface area (Å²) < 4.78 is 40.2. The zero-order chi connectivity index (χ0) is 15.5. The Kier molecular flexibility index (Phi) is 4.95. The van der Waals surface area contributed by atoms with E-state index in [2.05, 4.69) is 25.6 Å². The smallest absolute Gasteiger partial charge is 0.233 e. The van der Waals surface area contributed by atoms with Crippen LogP contribution in [0.3, 0.4) is 0 Å². The summed E-state index contributed by atoms with van der Waals surface area (Å²) in [6.07, 6.45) is 3.63. The van der Waals surface area contributed by atoms with Crippen LogP contribution < -0.4 is 4.72 Å². The molecule has 7 heteroatoms. The van der Waals surface area contributed by atoms with Gasteiger partial charge < -0.3 is 0 Å². The van der Waals surface area contributed by atoms with Gasteiger partial charge in [-0.2, -0.15) is 0 Å². The molecule has 1 N–H and O–H groups in total. The van der Waals surface area contributed by atoms with E-state index in [1.807, 2.05) is 0 Å². The van der Waals surface area contributed by atoms with Gasteiger partial charge in [0.15, 0.2) is 0 Å². The van der Waals surface area contributed by atoms with E-state index in [0.717, 1.165) is 5.56 Å². The molecule has 0 amide bonds. The average Bonchev–Trinajstić information content (AvgIpc) is 2.44. The maximum atomic E-state index is 13.3. The molecule has 0 aliphatic carbocycles. The molecule has 0 spiro atoms. The number of aryl methyl sites for hydroxylation is 2. The third-order valence-corrected chi connectivity index (χ3v) is 4.82. The summed E-state index contributed by atoms with van der Waals surface area (Å²) in [5.41, 5.74) is 1.80. The van der Waals surface area contributed by atoms with E-state index in [4.69, 9.17) is 0 Å². The quantitative estimate of drug-likeness (QED) is 0.875. The Morgan fingerprint density at radius 2 is 1.95 bits per heavy atom. The summed E-state index contributed by atoms with van der Waals surface area (Å²) in [6.45, 7) is 1.65. The zero-order valence-electron chi connectivity index (χ0n) is 11.3. The van der Waals surface area contributed by atoms with E-state index in [0.29, 0.717) is 17.7 Å². The van der Waals surface area contributed by atoms with Crippen molar-refractivity contribution < 1.29 is 12.8 Å². The lowest BCUT2D eigenvalue weighted by Gasteiger charge is -2.11. The fraction of sp³-hybridized carbons (Fsp3) is 0.214. The van der Waals surface area contributed by atoms with Crippen molar-refractivity contribution in [2.75, 3.05) is 10.5 Å². The molecule has 0 bridgehead atoms. The van der Waals surface area contributed by atoms with Crippen LogP contribution in [0.2, 0.25) is 0 Å². The van der Waals surface area contributed by atoms with Crippen molar-refractivity contribution in [3.05, 3.63) is 58.1 Å². The molecule has 1 heterocycles. The van der Waals surface area contributed by atoms with Gasteiger partial charge in [0.2, 0.25) is 10.0 Å². The molecule has 0 atom stereocenters. The first-order chi connectivity index (χ1) is 9.87. The number of anilines is 1. The van der Waals surface area contributed by atoms with E-state index >= 15 is 0 Å². The van der Waals surface area contributed by atoms with Crippen LogP contribution in [0.25, 0.3) is 0 Å². The van der Waals surface area contributed by atoms with Gasteiger partial charge in [-0.25, -0.2) is 12.8 Å². The Bertz CT molecular complexity index is 736. The Labute approximate surface area is 131 Å². The minimum absolute atomic E-state index is 0.0501. The highest BCUT2D eigenvalue weighted by atomic mass is 79.9. The number of sulfonamides is 1. The van der Waals surface area contributed by atoms with E-state index in [9.17, 15) is 12.8 Å². The van der Waals surface area contributed by atoms with E-state index in [1.54, 1.807) is 31.5 Å². The number of hydrogen-bond acceptors (Lipinski definition) is 3. The van der Waals surface area contributed by atoms with Crippen molar-refractivity contribution >= 4 is 31.6 Å². The zero-order valence-corrected chi connectivity index (χ0v) is 13.7. The highest BCUT2D eigenvalue weighted by Crippen LogP contribution is 2.25.